The van der Waals surface area contributed by atoms with E-state index in [9.17, 15) is 18.0 Å². The molecule has 204 valence electrons. The van der Waals surface area contributed by atoms with Crippen LogP contribution in [0, 0.1) is 0 Å². The largest absolute Gasteiger partial charge is 0.492 e. The van der Waals surface area contributed by atoms with Crippen molar-refractivity contribution < 1.29 is 36.8 Å². The maximum absolute atomic E-state index is 13.4. The quantitative estimate of drug-likeness (QED) is 0.261. The van der Waals surface area contributed by atoms with Crippen molar-refractivity contribution in [2.45, 2.75) is 44.8 Å². The summed E-state index contributed by atoms with van der Waals surface area (Å²) in [5.41, 5.74) is 2.30. The predicted octanol–water partition coefficient (Wildman–Crippen LogP) is 3.51. The lowest BCUT2D eigenvalue weighted by molar-refractivity contribution is -0.141. The highest BCUT2D eigenvalue weighted by molar-refractivity contribution is 7.85. The first-order valence-electron chi connectivity index (χ1n) is 12.2. The van der Waals surface area contributed by atoms with E-state index >= 15 is 0 Å². The summed E-state index contributed by atoms with van der Waals surface area (Å²) in [6, 6.07) is 9.98. The SMILES string of the molecule is CC1=C(C(=O)OCc2ccc(OCCS(=O)(=O)O)cc2)[C@@H](c2ccc(Cl)nc2)CC(=O)N1C[C@@H]1CCCO1. The van der Waals surface area contributed by atoms with E-state index in [4.69, 9.17) is 30.4 Å². The Bertz CT molecular complexity index is 1290. The number of nitrogens with zero attached hydrogens (tertiary/aromatic N) is 2. The Hall–Kier alpha value is -2.99. The number of rotatable bonds is 10. The number of carbonyl (C=O) groups excluding carboxylic acids is 2. The molecule has 2 aromatic rings. The molecule has 0 unspecified atom stereocenters. The summed E-state index contributed by atoms with van der Waals surface area (Å²) in [5, 5.41) is 0.311. The highest BCUT2D eigenvalue weighted by atomic mass is 35.5. The van der Waals surface area contributed by atoms with Gasteiger partial charge in [-0.3, -0.25) is 9.35 Å². The Balaban J connectivity index is 1.49. The zero-order valence-corrected chi connectivity index (χ0v) is 22.4. The van der Waals surface area contributed by atoms with E-state index in [-0.39, 0.29) is 31.6 Å². The van der Waals surface area contributed by atoms with Gasteiger partial charge in [-0.15, -0.1) is 0 Å². The van der Waals surface area contributed by atoms with Gasteiger partial charge < -0.3 is 19.1 Å². The summed E-state index contributed by atoms with van der Waals surface area (Å²) in [6.07, 6.45) is 3.38. The number of aromatic nitrogens is 1. The number of carbonyl (C=O) groups is 2. The van der Waals surface area contributed by atoms with Gasteiger partial charge in [0.1, 0.15) is 29.9 Å². The molecule has 1 amide bonds. The molecule has 2 aliphatic rings. The predicted molar refractivity (Wildman–Crippen MR) is 138 cm³/mol. The molecule has 0 radical (unpaired) electrons. The monoisotopic (exact) mass is 564 g/mol. The molecule has 4 rings (SSSR count). The summed E-state index contributed by atoms with van der Waals surface area (Å²) in [7, 11) is -4.11. The molecule has 1 aromatic carbocycles. The fourth-order valence-corrected chi connectivity index (χ4v) is 4.95. The van der Waals surface area contributed by atoms with Gasteiger partial charge >= 0.3 is 5.97 Å². The van der Waals surface area contributed by atoms with Crippen LogP contribution in [0.5, 0.6) is 5.75 Å². The van der Waals surface area contributed by atoms with E-state index < -0.39 is 27.8 Å². The van der Waals surface area contributed by atoms with Crippen molar-refractivity contribution in [3.8, 4) is 5.75 Å². The molecule has 0 saturated carbocycles. The van der Waals surface area contributed by atoms with Crippen LogP contribution in [-0.4, -0.2) is 66.3 Å². The fourth-order valence-electron chi connectivity index (χ4n) is 4.54. The second kappa shape index (κ2) is 12.2. The third-order valence-corrected chi connectivity index (χ3v) is 7.42. The van der Waals surface area contributed by atoms with Gasteiger partial charge in [-0.05, 0) is 49.1 Å². The van der Waals surface area contributed by atoms with Gasteiger partial charge in [-0.1, -0.05) is 29.8 Å². The van der Waals surface area contributed by atoms with Crippen LogP contribution in [-0.2, 0) is 35.8 Å². The molecule has 12 heteroatoms. The molecule has 1 aromatic heterocycles. The summed E-state index contributed by atoms with van der Waals surface area (Å²) >= 11 is 5.95. The number of allylic oxidation sites excluding steroid dienone is 1. The first-order chi connectivity index (χ1) is 18.1. The molecule has 1 saturated heterocycles. The van der Waals surface area contributed by atoms with Crippen molar-refractivity contribution in [1.82, 2.24) is 9.88 Å². The Morgan fingerprint density at radius 3 is 2.63 bits per heavy atom. The molecule has 0 bridgehead atoms. The number of amides is 1. The second-order valence-corrected chi connectivity index (χ2v) is 11.1. The van der Waals surface area contributed by atoms with Crippen LogP contribution in [0.25, 0.3) is 0 Å². The molecule has 0 aliphatic carbocycles. The first kappa shape index (κ1) is 28.0. The second-order valence-electron chi connectivity index (χ2n) is 9.16. The van der Waals surface area contributed by atoms with Crippen molar-refractivity contribution in [3.63, 3.8) is 0 Å². The standard InChI is InChI=1S/C26H29ClN2O8S/c1-17-25(26(31)37-16-18-4-7-20(8-5-18)36-11-12-38(32,33)34)22(19-6-9-23(27)28-14-19)13-24(30)29(17)15-21-3-2-10-35-21/h4-9,14,21-22H,2-3,10-13,15-16H2,1H3,(H,32,33,34)/t21-,22+/m0/s1. The van der Waals surface area contributed by atoms with Crippen molar-refractivity contribution >= 4 is 33.6 Å². The maximum atomic E-state index is 13.4. The lowest BCUT2D eigenvalue weighted by Crippen LogP contribution is -2.42. The summed E-state index contributed by atoms with van der Waals surface area (Å²) in [5.74, 6) is -1.27. The third kappa shape index (κ3) is 7.31. The van der Waals surface area contributed by atoms with E-state index in [1.54, 1.807) is 54.4 Å². The molecule has 3 heterocycles. The number of pyridine rings is 1. The molecule has 38 heavy (non-hydrogen) atoms. The summed E-state index contributed by atoms with van der Waals surface area (Å²) in [4.78, 5) is 32.3. The molecule has 1 fully saturated rings. The van der Waals surface area contributed by atoms with Crippen molar-refractivity contribution in [1.29, 1.82) is 0 Å². The first-order valence-corrected chi connectivity index (χ1v) is 14.2. The van der Waals surface area contributed by atoms with E-state index in [0.29, 0.717) is 46.5 Å². The Morgan fingerprint density at radius 2 is 2.00 bits per heavy atom. The van der Waals surface area contributed by atoms with Gasteiger partial charge in [-0.25, -0.2) is 9.78 Å². The summed E-state index contributed by atoms with van der Waals surface area (Å²) < 4.78 is 47.1. The molecular formula is C26H29ClN2O8S. The minimum atomic E-state index is -4.11. The number of hydrogen-bond donors (Lipinski definition) is 1. The molecule has 0 spiro atoms. The number of halogens is 1. The third-order valence-electron chi connectivity index (χ3n) is 6.51. The fraction of sp³-hybridized carbons (Fsp3) is 0.423. The van der Waals surface area contributed by atoms with Gasteiger partial charge in [0.2, 0.25) is 5.91 Å². The molecule has 2 atom stereocenters. The van der Waals surface area contributed by atoms with E-state index in [2.05, 4.69) is 4.98 Å². The number of benzene rings is 1. The average Bonchev–Trinajstić information content (AvgIpc) is 3.39. The number of esters is 1. The zero-order chi connectivity index (χ0) is 27.3. The normalized spacial score (nSPS) is 20.1. The highest BCUT2D eigenvalue weighted by Crippen LogP contribution is 2.37. The van der Waals surface area contributed by atoms with Crippen LogP contribution in [0.15, 0.2) is 53.9 Å². The van der Waals surface area contributed by atoms with E-state index in [1.807, 2.05) is 0 Å². The van der Waals surface area contributed by atoms with Gasteiger partial charge in [-0.2, -0.15) is 8.42 Å². The summed E-state index contributed by atoms with van der Waals surface area (Å²) in [6.45, 7) is 2.58. The van der Waals surface area contributed by atoms with Gasteiger partial charge in [0.05, 0.1) is 18.2 Å². The molecular weight excluding hydrogens is 536 g/mol. The van der Waals surface area contributed by atoms with Crippen molar-refractivity contribution in [2.75, 3.05) is 25.5 Å². The average molecular weight is 565 g/mol. The van der Waals surface area contributed by atoms with Gasteiger partial charge in [0.15, 0.2) is 0 Å². The number of ether oxygens (including phenoxy) is 3. The van der Waals surface area contributed by atoms with Crippen molar-refractivity contribution in [2.24, 2.45) is 0 Å². The lowest BCUT2D eigenvalue weighted by Gasteiger charge is -2.35. The zero-order valence-electron chi connectivity index (χ0n) is 20.8. The van der Waals surface area contributed by atoms with Crippen molar-refractivity contribution in [3.05, 3.63) is 70.1 Å². The molecule has 2 aliphatic heterocycles. The minimum Gasteiger partial charge on any atom is -0.492 e. The smallest absolute Gasteiger partial charge is 0.336 e. The Labute approximate surface area is 226 Å². The van der Waals surface area contributed by atoms with Crippen LogP contribution >= 0.6 is 11.6 Å². The van der Waals surface area contributed by atoms with Crippen LogP contribution in [0.4, 0.5) is 0 Å². The van der Waals surface area contributed by atoms with Crippen LogP contribution in [0.1, 0.15) is 43.2 Å². The van der Waals surface area contributed by atoms with E-state index in [0.717, 1.165) is 12.8 Å². The van der Waals surface area contributed by atoms with Crippen LogP contribution in [0.2, 0.25) is 5.15 Å². The van der Waals surface area contributed by atoms with Gasteiger partial charge in [0.25, 0.3) is 10.1 Å². The molecule has 10 nitrogen and oxygen atoms in total. The maximum Gasteiger partial charge on any atom is 0.336 e. The highest BCUT2D eigenvalue weighted by Gasteiger charge is 2.38. The Morgan fingerprint density at radius 1 is 1.24 bits per heavy atom. The topological polar surface area (TPSA) is 132 Å². The Kier molecular flexibility index (Phi) is 9.03. The minimum absolute atomic E-state index is 0.0216. The van der Waals surface area contributed by atoms with Crippen LogP contribution in [0.3, 0.4) is 0 Å². The molecule has 1 N–H and O–H groups in total. The van der Waals surface area contributed by atoms with Gasteiger partial charge in [0, 0.05) is 30.8 Å². The van der Waals surface area contributed by atoms with E-state index in [1.165, 1.54) is 0 Å². The number of hydrogen-bond acceptors (Lipinski definition) is 8. The van der Waals surface area contributed by atoms with Crippen LogP contribution < -0.4 is 4.74 Å². The lowest BCUT2D eigenvalue weighted by atomic mass is 9.84.